The molecule has 1 amide bonds. The van der Waals surface area contributed by atoms with Crippen LogP contribution in [0, 0.1) is 5.41 Å². The lowest BCUT2D eigenvalue weighted by Gasteiger charge is -2.16. The third kappa shape index (κ3) is 5.17. The number of carbonyl (C=O) groups is 1. The zero-order valence-electron chi connectivity index (χ0n) is 13.8. The standard InChI is InChI=1S/C15H17Cl2N3O4S/c1-15(2,3)13(21)18-7-12-19-20-14(24-12)25(22,23)8-9-4-5-10(16)11(17)6-9/h4-6H,7-8H2,1-3H3,(H,18,21). The topological polar surface area (TPSA) is 102 Å². The average Bonchev–Trinajstić information content (AvgIpc) is 2.97. The van der Waals surface area contributed by atoms with Gasteiger partial charge in [0.1, 0.15) is 0 Å². The van der Waals surface area contributed by atoms with Crippen molar-refractivity contribution in [1.82, 2.24) is 15.5 Å². The summed E-state index contributed by atoms with van der Waals surface area (Å²) in [5.74, 6) is -0.573. The molecule has 136 valence electrons. The quantitative estimate of drug-likeness (QED) is 0.819. The molecule has 25 heavy (non-hydrogen) atoms. The molecule has 1 heterocycles. The number of sulfone groups is 1. The van der Waals surface area contributed by atoms with E-state index in [4.69, 9.17) is 27.6 Å². The first-order valence-electron chi connectivity index (χ1n) is 7.26. The molecule has 0 saturated carbocycles. The van der Waals surface area contributed by atoms with E-state index >= 15 is 0 Å². The summed E-state index contributed by atoms with van der Waals surface area (Å²) >= 11 is 11.7. The summed E-state index contributed by atoms with van der Waals surface area (Å²) in [7, 11) is -3.84. The van der Waals surface area contributed by atoms with E-state index in [2.05, 4.69) is 15.5 Å². The van der Waals surface area contributed by atoms with Crippen LogP contribution >= 0.6 is 23.2 Å². The van der Waals surface area contributed by atoms with Crippen molar-refractivity contribution in [2.45, 2.75) is 38.3 Å². The highest BCUT2D eigenvalue weighted by Crippen LogP contribution is 2.24. The number of aromatic nitrogens is 2. The molecule has 0 saturated heterocycles. The Balaban J connectivity index is 2.09. The maximum Gasteiger partial charge on any atom is 0.335 e. The molecular weight excluding hydrogens is 389 g/mol. The predicted molar refractivity (Wildman–Crippen MR) is 93.0 cm³/mol. The number of nitrogens with one attached hydrogen (secondary N) is 1. The fourth-order valence-electron chi connectivity index (χ4n) is 1.77. The summed E-state index contributed by atoms with van der Waals surface area (Å²) in [5, 5.41) is 9.88. The molecule has 7 nitrogen and oxygen atoms in total. The van der Waals surface area contributed by atoms with Crippen molar-refractivity contribution in [3.8, 4) is 0 Å². The van der Waals surface area contributed by atoms with E-state index in [1.165, 1.54) is 12.1 Å². The van der Waals surface area contributed by atoms with E-state index in [-0.39, 0.29) is 29.1 Å². The Morgan fingerprint density at radius 1 is 1.20 bits per heavy atom. The van der Waals surface area contributed by atoms with Gasteiger partial charge in [-0.3, -0.25) is 4.79 Å². The third-order valence-corrected chi connectivity index (χ3v) is 5.29. The van der Waals surface area contributed by atoms with Crippen LogP contribution in [0.5, 0.6) is 0 Å². The van der Waals surface area contributed by atoms with Gasteiger partial charge in [0.15, 0.2) is 0 Å². The highest BCUT2D eigenvalue weighted by Gasteiger charge is 2.25. The van der Waals surface area contributed by atoms with E-state index in [0.717, 1.165) is 0 Å². The van der Waals surface area contributed by atoms with E-state index in [1.54, 1.807) is 26.8 Å². The van der Waals surface area contributed by atoms with Gasteiger partial charge in [-0.25, -0.2) is 8.42 Å². The van der Waals surface area contributed by atoms with Gasteiger partial charge in [0.2, 0.25) is 21.6 Å². The summed E-state index contributed by atoms with van der Waals surface area (Å²) in [5.41, 5.74) is -0.141. The van der Waals surface area contributed by atoms with E-state index < -0.39 is 20.5 Å². The van der Waals surface area contributed by atoms with Gasteiger partial charge >= 0.3 is 5.22 Å². The number of benzene rings is 1. The number of nitrogens with zero attached hydrogens (tertiary/aromatic N) is 2. The van der Waals surface area contributed by atoms with Crippen LogP contribution in [-0.4, -0.2) is 24.5 Å². The summed E-state index contributed by atoms with van der Waals surface area (Å²) in [6.45, 7) is 5.21. The van der Waals surface area contributed by atoms with Crippen LogP contribution in [0.4, 0.5) is 0 Å². The number of rotatable bonds is 5. The Hall–Kier alpha value is -1.64. The van der Waals surface area contributed by atoms with Crippen LogP contribution in [-0.2, 0) is 26.9 Å². The van der Waals surface area contributed by atoms with Crippen LogP contribution in [0.3, 0.4) is 0 Å². The van der Waals surface area contributed by atoms with Crippen LogP contribution in [0.2, 0.25) is 10.0 Å². The lowest BCUT2D eigenvalue weighted by atomic mass is 9.96. The zero-order valence-corrected chi connectivity index (χ0v) is 16.2. The average molecular weight is 406 g/mol. The molecule has 1 aromatic heterocycles. The molecule has 0 spiro atoms. The van der Waals surface area contributed by atoms with Crippen molar-refractivity contribution < 1.29 is 17.6 Å². The fourth-order valence-corrected chi connectivity index (χ4v) is 3.22. The van der Waals surface area contributed by atoms with Crippen LogP contribution in [0.25, 0.3) is 0 Å². The van der Waals surface area contributed by atoms with Gasteiger partial charge in [-0.15, -0.1) is 5.10 Å². The van der Waals surface area contributed by atoms with Crippen LogP contribution < -0.4 is 5.32 Å². The predicted octanol–water partition coefficient (Wildman–Crippen LogP) is 3.01. The van der Waals surface area contributed by atoms with Gasteiger partial charge in [0, 0.05) is 5.41 Å². The molecule has 0 unspecified atom stereocenters. The number of amides is 1. The molecule has 1 N–H and O–H groups in total. The van der Waals surface area contributed by atoms with Gasteiger partial charge in [0.25, 0.3) is 0 Å². The molecule has 0 aliphatic carbocycles. The largest absolute Gasteiger partial charge is 0.411 e. The highest BCUT2D eigenvalue weighted by molar-refractivity contribution is 7.90. The monoisotopic (exact) mass is 405 g/mol. The minimum atomic E-state index is -3.84. The van der Waals surface area contributed by atoms with Gasteiger partial charge in [-0.1, -0.05) is 55.1 Å². The molecule has 0 atom stereocenters. The van der Waals surface area contributed by atoms with E-state index in [1.807, 2.05) is 0 Å². The van der Waals surface area contributed by atoms with Crippen molar-refractivity contribution in [3.05, 3.63) is 39.7 Å². The summed E-state index contributed by atoms with van der Waals surface area (Å²) in [6.07, 6.45) is 0. The number of hydrogen-bond donors (Lipinski definition) is 1. The molecule has 0 radical (unpaired) electrons. The maximum absolute atomic E-state index is 12.3. The second-order valence-electron chi connectivity index (χ2n) is 6.40. The van der Waals surface area contributed by atoms with Gasteiger partial charge in [-0.2, -0.15) is 0 Å². The van der Waals surface area contributed by atoms with Crippen molar-refractivity contribution in [2.75, 3.05) is 0 Å². The first-order valence-corrected chi connectivity index (χ1v) is 9.67. The molecule has 0 fully saturated rings. The molecule has 0 bridgehead atoms. The molecule has 0 aliphatic rings. The third-order valence-electron chi connectivity index (χ3n) is 3.14. The van der Waals surface area contributed by atoms with Crippen LogP contribution in [0.15, 0.2) is 27.8 Å². The lowest BCUT2D eigenvalue weighted by Crippen LogP contribution is -2.34. The Kier molecular flexibility index (Phi) is 5.75. The van der Waals surface area contributed by atoms with E-state index in [0.29, 0.717) is 10.6 Å². The molecular formula is C15H17Cl2N3O4S. The Labute approximate surface area is 155 Å². The minimum absolute atomic E-state index is 0.00492. The van der Waals surface area contributed by atoms with Crippen LogP contribution in [0.1, 0.15) is 32.2 Å². The normalized spacial score (nSPS) is 12.2. The van der Waals surface area contributed by atoms with Gasteiger partial charge in [0.05, 0.1) is 22.3 Å². The molecule has 10 heteroatoms. The molecule has 0 aliphatic heterocycles. The molecule has 1 aromatic carbocycles. The Bertz CT molecular complexity index is 888. The second-order valence-corrected chi connectivity index (χ2v) is 9.08. The summed E-state index contributed by atoms with van der Waals surface area (Å²) in [4.78, 5) is 11.8. The van der Waals surface area contributed by atoms with E-state index in [9.17, 15) is 13.2 Å². The maximum atomic E-state index is 12.3. The molecule has 2 rings (SSSR count). The number of halogens is 2. The van der Waals surface area contributed by atoms with Crippen molar-refractivity contribution >= 4 is 38.9 Å². The SMILES string of the molecule is CC(C)(C)C(=O)NCc1nnc(S(=O)(=O)Cc2ccc(Cl)c(Cl)c2)o1. The van der Waals surface area contributed by atoms with Crippen molar-refractivity contribution in [3.63, 3.8) is 0 Å². The van der Waals surface area contributed by atoms with Gasteiger partial charge in [-0.05, 0) is 17.7 Å². The van der Waals surface area contributed by atoms with Crippen molar-refractivity contribution in [1.29, 1.82) is 0 Å². The number of hydrogen-bond acceptors (Lipinski definition) is 6. The Morgan fingerprint density at radius 3 is 2.48 bits per heavy atom. The highest BCUT2D eigenvalue weighted by atomic mass is 35.5. The summed E-state index contributed by atoms with van der Waals surface area (Å²) < 4.78 is 29.9. The number of carbonyl (C=O) groups excluding carboxylic acids is 1. The van der Waals surface area contributed by atoms with Crippen molar-refractivity contribution in [2.24, 2.45) is 5.41 Å². The smallest absolute Gasteiger partial charge is 0.335 e. The fraction of sp³-hybridized carbons (Fsp3) is 0.400. The zero-order chi connectivity index (χ0) is 18.8. The summed E-state index contributed by atoms with van der Waals surface area (Å²) in [6, 6.07) is 4.52. The lowest BCUT2D eigenvalue weighted by molar-refractivity contribution is -0.128. The van der Waals surface area contributed by atoms with Gasteiger partial charge < -0.3 is 9.73 Å². The Morgan fingerprint density at radius 2 is 1.88 bits per heavy atom. The minimum Gasteiger partial charge on any atom is -0.411 e. The molecule has 2 aromatic rings. The first kappa shape index (κ1) is 19.7. The second kappa shape index (κ2) is 7.31. The first-order chi connectivity index (χ1) is 11.5.